The first-order valence-electron chi connectivity index (χ1n) is 21.5. The van der Waals surface area contributed by atoms with Gasteiger partial charge in [0.2, 0.25) is 0 Å². The Bertz CT molecular complexity index is 4180. The van der Waals surface area contributed by atoms with Gasteiger partial charge in [0.15, 0.2) is 0 Å². The molecule has 0 fully saturated rings. The third-order valence-electron chi connectivity index (χ3n) is 15.0. The molecule has 0 spiro atoms. The Morgan fingerprint density at radius 3 is 1.77 bits per heavy atom. The summed E-state index contributed by atoms with van der Waals surface area (Å²) in [4.78, 5) is 0. The lowest BCUT2D eigenvalue weighted by Gasteiger charge is -2.48. The zero-order valence-electron chi connectivity index (χ0n) is 33.7. The summed E-state index contributed by atoms with van der Waals surface area (Å²) in [5.74, 6) is 2.75. The number of hydrogen-bond donors (Lipinski definition) is 0. The van der Waals surface area contributed by atoms with Crippen LogP contribution in [0.3, 0.4) is 0 Å². The van der Waals surface area contributed by atoms with Gasteiger partial charge in [-0.1, -0.05) is 127 Å². The fraction of sp³-hybridized carbons (Fsp3) is 0.0508. The molecule has 0 radical (unpaired) electrons. The molecule has 3 heterocycles. The fourth-order valence-corrected chi connectivity index (χ4v) is 13.2. The first kappa shape index (κ1) is 32.8. The van der Waals surface area contributed by atoms with Crippen molar-refractivity contribution in [1.29, 1.82) is 0 Å². The van der Waals surface area contributed by atoms with E-state index in [9.17, 15) is 0 Å². The van der Waals surface area contributed by atoms with Crippen LogP contribution in [0.25, 0.3) is 98.5 Å². The van der Waals surface area contributed by atoms with Gasteiger partial charge < -0.3 is 13.6 Å². The Morgan fingerprint density at radius 2 is 1.06 bits per heavy atom. The molecule has 286 valence electrons. The van der Waals surface area contributed by atoms with Crippen molar-refractivity contribution in [2.24, 2.45) is 0 Å². The monoisotopic (exact) mass is 786 g/mol. The van der Waals surface area contributed by atoms with Gasteiger partial charge in [-0.15, -0.1) is 6.42 Å². The van der Waals surface area contributed by atoms with Gasteiger partial charge in [0.1, 0.15) is 11.2 Å². The Morgan fingerprint density at radius 1 is 0.500 bits per heavy atom. The van der Waals surface area contributed by atoms with E-state index >= 15 is 0 Å². The number of hydrogen-bond acceptors (Lipinski definition) is 1. The van der Waals surface area contributed by atoms with E-state index in [2.05, 4.69) is 198 Å². The van der Waals surface area contributed by atoms with Crippen LogP contribution in [0, 0.1) is 12.3 Å². The first-order valence-corrected chi connectivity index (χ1v) is 21.5. The van der Waals surface area contributed by atoms with Gasteiger partial charge in [-0.05, 0) is 117 Å². The molecular weight excluding hydrogens is 753 g/mol. The van der Waals surface area contributed by atoms with Crippen LogP contribution in [0.4, 0.5) is 0 Å². The van der Waals surface area contributed by atoms with Gasteiger partial charge in [-0.25, -0.2) is 0 Å². The van der Waals surface area contributed by atoms with Crippen molar-refractivity contribution in [2.75, 3.05) is 0 Å². The molecule has 3 heteroatoms. The molecule has 0 saturated heterocycles. The second-order valence-electron chi connectivity index (χ2n) is 17.3. The quantitative estimate of drug-likeness (QED) is 0.129. The van der Waals surface area contributed by atoms with E-state index in [1.165, 1.54) is 104 Å². The summed E-state index contributed by atoms with van der Waals surface area (Å²) in [5.41, 5.74) is 15.6. The van der Waals surface area contributed by atoms with Crippen LogP contribution in [0.15, 0.2) is 186 Å². The van der Waals surface area contributed by atoms with E-state index < -0.39 is 10.8 Å². The SMILES string of the molecule is C#C/C=C\C(=C/C)n1c2ccccc2c2cc3c4c(cccc4c21)C12c4cccc5c4c(cc4c5c5ccccc5n4-c4ccccc4)C31c1cccc3oc4cccc2c4c13. The number of rotatable bonds is 3. The minimum absolute atomic E-state index is 0.611. The first-order chi connectivity index (χ1) is 30.7. The minimum atomic E-state index is -0.655. The van der Waals surface area contributed by atoms with E-state index in [0.29, 0.717) is 0 Å². The molecule has 15 rings (SSSR count). The van der Waals surface area contributed by atoms with Crippen molar-refractivity contribution >= 4 is 92.8 Å². The van der Waals surface area contributed by atoms with Crippen LogP contribution in [0.2, 0.25) is 0 Å². The van der Waals surface area contributed by atoms with E-state index in [0.717, 1.165) is 28.1 Å². The second-order valence-corrected chi connectivity index (χ2v) is 17.3. The number of fused-ring (bicyclic) bond motifs is 8. The maximum absolute atomic E-state index is 6.86. The van der Waals surface area contributed by atoms with Crippen molar-refractivity contribution in [3.63, 3.8) is 0 Å². The lowest BCUT2D eigenvalue weighted by Crippen LogP contribution is -2.47. The van der Waals surface area contributed by atoms with Crippen molar-refractivity contribution < 1.29 is 4.42 Å². The molecule has 0 aliphatic heterocycles. The summed E-state index contributed by atoms with van der Waals surface area (Å²) in [5, 5.41) is 12.7. The number of terminal acetylenes is 1. The van der Waals surface area contributed by atoms with Crippen LogP contribution in [-0.2, 0) is 10.8 Å². The zero-order chi connectivity index (χ0) is 40.6. The van der Waals surface area contributed by atoms with Gasteiger partial charge >= 0.3 is 0 Å². The molecule has 3 nitrogen and oxygen atoms in total. The standard InChI is InChI=1S/C59H34N2O/c1-3-5-17-34(4-2)61-47-28-11-9-20-36(47)40-32-45-54-39(57(40)61)23-14-25-42(54)58-41-24-13-22-38-52-37-21-10-12-29-48(37)60(35-18-7-6-8-19-35)49(52)33-46(53(38)41)59(45,58)44-27-16-31-51-56(44)55-43(58)26-15-30-50(55)62-51/h1,4-33H,2H3/b17-5-,34-4+. The molecule has 3 aliphatic rings. The van der Waals surface area contributed by atoms with E-state index in [1.807, 2.05) is 6.08 Å². The summed E-state index contributed by atoms with van der Waals surface area (Å²) >= 11 is 0. The topological polar surface area (TPSA) is 23.0 Å². The smallest absolute Gasteiger partial charge is 0.135 e. The molecule has 0 saturated carbocycles. The minimum Gasteiger partial charge on any atom is -0.456 e. The molecule has 9 aromatic carbocycles. The highest BCUT2D eigenvalue weighted by molar-refractivity contribution is 6.28. The fourth-order valence-electron chi connectivity index (χ4n) is 13.2. The lowest BCUT2D eigenvalue weighted by molar-refractivity contribution is 0.469. The molecule has 0 bridgehead atoms. The molecular formula is C59H34N2O. The average Bonchev–Trinajstić information content (AvgIpc) is 4.10. The average molecular weight is 787 g/mol. The van der Waals surface area contributed by atoms with Gasteiger partial charge in [0, 0.05) is 49.1 Å². The van der Waals surface area contributed by atoms with Gasteiger partial charge in [0.05, 0.1) is 32.9 Å². The predicted molar refractivity (Wildman–Crippen MR) is 257 cm³/mol. The normalized spacial score (nSPS) is 18.5. The highest BCUT2D eigenvalue weighted by atomic mass is 16.3. The van der Waals surface area contributed by atoms with Crippen molar-refractivity contribution in [1.82, 2.24) is 9.13 Å². The lowest BCUT2D eigenvalue weighted by atomic mass is 9.51. The van der Waals surface area contributed by atoms with Crippen molar-refractivity contribution in [3.8, 4) is 18.0 Å². The molecule has 3 aliphatic carbocycles. The molecule has 0 amide bonds. The Labute approximate surface area is 356 Å². The number of furan rings is 1. The Balaban J connectivity index is 1.23. The molecule has 2 unspecified atom stereocenters. The summed E-state index contributed by atoms with van der Waals surface area (Å²) < 4.78 is 11.8. The Kier molecular flexibility index (Phi) is 5.81. The zero-order valence-corrected chi connectivity index (χ0v) is 33.7. The number of para-hydroxylation sites is 3. The Hall–Kier alpha value is -8.06. The number of allylic oxidation sites excluding steroid dienone is 4. The summed E-state index contributed by atoms with van der Waals surface area (Å²) in [6.45, 7) is 2.10. The molecule has 62 heavy (non-hydrogen) atoms. The van der Waals surface area contributed by atoms with E-state index in [4.69, 9.17) is 10.8 Å². The number of benzene rings is 9. The van der Waals surface area contributed by atoms with Crippen LogP contribution in [0.1, 0.15) is 40.3 Å². The predicted octanol–water partition coefficient (Wildman–Crippen LogP) is 14.5. The molecule has 12 aromatic rings. The maximum Gasteiger partial charge on any atom is 0.135 e. The van der Waals surface area contributed by atoms with Crippen LogP contribution in [0.5, 0.6) is 0 Å². The third kappa shape index (κ3) is 3.34. The molecule has 3 aromatic heterocycles. The van der Waals surface area contributed by atoms with Crippen molar-refractivity contribution in [3.05, 3.63) is 215 Å². The molecule has 2 atom stereocenters. The summed E-state index contributed by atoms with van der Waals surface area (Å²) in [6.07, 6.45) is 11.9. The summed E-state index contributed by atoms with van der Waals surface area (Å²) in [7, 11) is 0. The van der Waals surface area contributed by atoms with Gasteiger partial charge in [-0.2, -0.15) is 0 Å². The maximum atomic E-state index is 6.86. The van der Waals surface area contributed by atoms with Crippen LogP contribution >= 0.6 is 0 Å². The molecule has 0 N–H and O–H groups in total. The van der Waals surface area contributed by atoms with Crippen LogP contribution in [-0.4, -0.2) is 9.13 Å². The highest BCUT2D eigenvalue weighted by Gasteiger charge is 2.69. The second kappa shape index (κ2) is 11.0. The van der Waals surface area contributed by atoms with Crippen LogP contribution < -0.4 is 0 Å². The summed E-state index contributed by atoms with van der Waals surface area (Å²) in [6, 6.07) is 61.7. The number of aromatic nitrogens is 2. The number of nitrogens with zero attached hydrogens (tertiary/aromatic N) is 2. The van der Waals surface area contributed by atoms with Crippen molar-refractivity contribution in [2.45, 2.75) is 17.8 Å². The van der Waals surface area contributed by atoms with Gasteiger partial charge in [0.25, 0.3) is 0 Å². The third-order valence-corrected chi connectivity index (χ3v) is 15.0. The van der Waals surface area contributed by atoms with Gasteiger partial charge in [-0.3, -0.25) is 0 Å². The largest absolute Gasteiger partial charge is 0.456 e. The highest BCUT2D eigenvalue weighted by Crippen LogP contribution is 2.75. The van der Waals surface area contributed by atoms with E-state index in [1.54, 1.807) is 0 Å². The van der Waals surface area contributed by atoms with E-state index in [-0.39, 0.29) is 0 Å².